The molecular formula is C19H27N3O2. The highest BCUT2D eigenvalue weighted by Crippen LogP contribution is 2.18. The van der Waals surface area contributed by atoms with Crippen LogP contribution in [0, 0.1) is 5.92 Å². The Balaban J connectivity index is 1.70. The highest BCUT2D eigenvalue weighted by atomic mass is 16.2. The third-order valence-corrected chi connectivity index (χ3v) is 4.23. The molecule has 0 radical (unpaired) electrons. The number of carbonyl (C=O) groups excluding carboxylic acids is 2. The minimum atomic E-state index is -0.0420. The van der Waals surface area contributed by atoms with Crippen LogP contribution >= 0.6 is 0 Å². The normalized spacial score (nSPS) is 15.9. The van der Waals surface area contributed by atoms with Crippen LogP contribution in [-0.2, 0) is 4.79 Å². The summed E-state index contributed by atoms with van der Waals surface area (Å²) in [6.07, 6.45) is 5.31. The molecule has 0 aliphatic carbocycles. The first-order chi connectivity index (χ1) is 11.6. The van der Waals surface area contributed by atoms with Gasteiger partial charge in [0.15, 0.2) is 0 Å². The third-order valence-electron chi connectivity index (χ3n) is 4.23. The summed E-state index contributed by atoms with van der Waals surface area (Å²) in [5.74, 6) is 0.500. The molecule has 1 aromatic carbocycles. The van der Waals surface area contributed by atoms with Crippen LogP contribution in [0.3, 0.4) is 0 Å². The molecule has 24 heavy (non-hydrogen) atoms. The van der Waals surface area contributed by atoms with Gasteiger partial charge in [-0.15, -0.1) is 0 Å². The average molecular weight is 329 g/mol. The number of hydrogen-bond acceptors (Lipinski definition) is 3. The zero-order valence-electron chi connectivity index (χ0n) is 14.6. The number of benzene rings is 1. The third kappa shape index (κ3) is 5.81. The molecule has 2 amide bonds. The lowest BCUT2D eigenvalue weighted by Gasteiger charge is -2.32. The van der Waals surface area contributed by atoms with Crippen LogP contribution in [0.4, 0.5) is 0 Å². The van der Waals surface area contributed by atoms with Crippen molar-refractivity contribution in [2.75, 3.05) is 40.3 Å². The predicted octanol–water partition coefficient (Wildman–Crippen LogP) is 1.77. The molecule has 1 heterocycles. The number of amides is 2. The van der Waals surface area contributed by atoms with Gasteiger partial charge in [-0.1, -0.05) is 24.3 Å². The van der Waals surface area contributed by atoms with Gasteiger partial charge in [-0.25, -0.2) is 0 Å². The van der Waals surface area contributed by atoms with E-state index in [1.165, 1.54) is 0 Å². The largest absolute Gasteiger partial charge is 0.352 e. The molecule has 0 saturated carbocycles. The molecule has 1 aliphatic rings. The van der Waals surface area contributed by atoms with Crippen LogP contribution in [0.25, 0.3) is 0 Å². The number of nitrogens with one attached hydrogen (secondary N) is 1. The van der Waals surface area contributed by atoms with Gasteiger partial charge in [-0.3, -0.25) is 9.59 Å². The summed E-state index contributed by atoms with van der Waals surface area (Å²) in [6.45, 7) is 2.95. The number of carbonyl (C=O) groups is 2. The molecule has 0 spiro atoms. The molecule has 5 heteroatoms. The Labute approximate surface area is 144 Å². The van der Waals surface area contributed by atoms with Gasteiger partial charge in [0.05, 0.1) is 0 Å². The lowest BCUT2D eigenvalue weighted by atomic mass is 9.96. The lowest BCUT2D eigenvalue weighted by molar-refractivity contribution is -0.116. The molecule has 5 nitrogen and oxygen atoms in total. The number of nitrogens with zero attached hydrogens (tertiary/aromatic N) is 2. The molecule has 1 saturated heterocycles. The molecule has 1 N–H and O–H groups in total. The maximum absolute atomic E-state index is 12.4. The number of hydrogen-bond donors (Lipinski definition) is 1. The van der Waals surface area contributed by atoms with Gasteiger partial charge in [0.1, 0.15) is 0 Å². The molecule has 0 aromatic heterocycles. The monoisotopic (exact) mass is 329 g/mol. The quantitative estimate of drug-likeness (QED) is 0.810. The lowest BCUT2D eigenvalue weighted by Crippen LogP contribution is -2.41. The molecule has 130 valence electrons. The summed E-state index contributed by atoms with van der Waals surface area (Å²) < 4.78 is 0. The van der Waals surface area contributed by atoms with Crippen LogP contribution < -0.4 is 5.32 Å². The van der Waals surface area contributed by atoms with E-state index in [1.807, 2.05) is 60.3 Å². The van der Waals surface area contributed by atoms with E-state index in [4.69, 9.17) is 0 Å². The van der Waals surface area contributed by atoms with E-state index < -0.39 is 0 Å². The van der Waals surface area contributed by atoms with Crippen molar-refractivity contribution in [3.63, 3.8) is 0 Å². The van der Waals surface area contributed by atoms with Gasteiger partial charge in [0.25, 0.3) is 5.91 Å². The van der Waals surface area contributed by atoms with Gasteiger partial charge >= 0.3 is 0 Å². The molecule has 2 rings (SSSR count). The Morgan fingerprint density at radius 2 is 1.88 bits per heavy atom. The highest BCUT2D eigenvalue weighted by Gasteiger charge is 2.23. The van der Waals surface area contributed by atoms with Crippen LogP contribution in [0.15, 0.2) is 42.5 Å². The fourth-order valence-electron chi connectivity index (χ4n) is 2.78. The molecule has 0 unspecified atom stereocenters. The number of piperidine rings is 1. The Bertz CT molecular complexity index is 561. The second-order valence-electron chi connectivity index (χ2n) is 6.51. The minimum Gasteiger partial charge on any atom is -0.352 e. The number of rotatable bonds is 6. The first kappa shape index (κ1) is 18.2. The second-order valence-corrected chi connectivity index (χ2v) is 6.51. The molecule has 1 fully saturated rings. The first-order valence-electron chi connectivity index (χ1n) is 8.49. The van der Waals surface area contributed by atoms with E-state index in [2.05, 4.69) is 5.32 Å². The van der Waals surface area contributed by atoms with Crippen molar-refractivity contribution >= 4 is 11.8 Å². The minimum absolute atomic E-state index is 0.0420. The molecule has 0 atom stereocenters. The topological polar surface area (TPSA) is 52.7 Å². The molecule has 1 aliphatic heterocycles. The van der Waals surface area contributed by atoms with E-state index >= 15 is 0 Å². The predicted molar refractivity (Wildman–Crippen MR) is 95.8 cm³/mol. The zero-order chi connectivity index (χ0) is 17.4. The summed E-state index contributed by atoms with van der Waals surface area (Å²) in [4.78, 5) is 28.0. The van der Waals surface area contributed by atoms with Gasteiger partial charge in [-0.05, 0) is 45.0 Å². The van der Waals surface area contributed by atoms with Crippen molar-refractivity contribution in [2.45, 2.75) is 12.8 Å². The second kappa shape index (κ2) is 9.23. The van der Waals surface area contributed by atoms with Crippen LogP contribution in [-0.4, -0.2) is 61.9 Å². The van der Waals surface area contributed by atoms with Crippen molar-refractivity contribution in [3.8, 4) is 0 Å². The fraction of sp³-hybridized carbons (Fsp3) is 0.474. The number of likely N-dealkylation sites (N-methyl/N-ethyl adjacent to an activating group) is 1. The Hall–Kier alpha value is -2.14. The SMILES string of the molecule is CN(C)C/C=C/C(=O)NCC1CCN(C(=O)c2ccccc2)CC1. The standard InChI is InChI=1S/C19H27N3O2/c1-21(2)12-6-9-18(23)20-15-16-10-13-22(14-11-16)19(24)17-7-4-3-5-8-17/h3-9,16H,10-15H2,1-2H3,(H,20,23)/b9-6+. The smallest absolute Gasteiger partial charge is 0.253 e. The van der Waals surface area contributed by atoms with E-state index in [-0.39, 0.29) is 11.8 Å². The zero-order valence-corrected chi connectivity index (χ0v) is 14.6. The summed E-state index contributed by atoms with van der Waals surface area (Å²) in [5, 5.41) is 2.95. The van der Waals surface area contributed by atoms with Crippen molar-refractivity contribution in [1.82, 2.24) is 15.1 Å². The van der Waals surface area contributed by atoms with Crippen molar-refractivity contribution in [2.24, 2.45) is 5.92 Å². The maximum Gasteiger partial charge on any atom is 0.253 e. The van der Waals surface area contributed by atoms with Crippen LogP contribution in [0.2, 0.25) is 0 Å². The van der Waals surface area contributed by atoms with E-state index in [0.717, 1.165) is 38.0 Å². The van der Waals surface area contributed by atoms with Crippen LogP contribution in [0.1, 0.15) is 23.2 Å². The summed E-state index contributed by atoms with van der Waals surface area (Å²) in [5.41, 5.74) is 0.746. The Morgan fingerprint density at radius 3 is 2.50 bits per heavy atom. The summed E-state index contributed by atoms with van der Waals surface area (Å²) in [7, 11) is 3.93. The Kier molecular flexibility index (Phi) is 7.00. The molecule has 0 bridgehead atoms. The van der Waals surface area contributed by atoms with Crippen LogP contribution in [0.5, 0.6) is 0 Å². The van der Waals surface area contributed by atoms with Crippen molar-refractivity contribution in [1.29, 1.82) is 0 Å². The van der Waals surface area contributed by atoms with Crippen molar-refractivity contribution in [3.05, 3.63) is 48.0 Å². The molecular weight excluding hydrogens is 302 g/mol. The highest BCUT2D eigenvalue weighted by molar-refractivity contribution is 5.94. The molecule has 1 aromatic rings. The maximum atomic E-state index is 12.4. The van der Waals surface area contributed by atoms with Crippen molar-refractivity contribution < 1.29 is 9.59 Å². The summed E-state index contributed by atoms with van der Waals surface area (Å²) in [6, 6.07) is 9.40. The van der Waals surface area contributed by atoms with Gasteiger partial charge in [-0.2, -0.15) is 0 Å². The van der Waals surface area contributed by atoms with Gasteiger partial charge in [0.2, 0.25) is 5.91 Å². The average Bonchev–Trinajstić information content (AvgIpc) is 2.60. The van der Waals surface area contributed by atoms with E-state index in [0.29, 0.717) is 12.5 Å². The van der Waals surface area contributed by atoms with E-state index in [1.54, 1.807) is 6.08 Å². The van der Waals surface area contributed by atoms with E-state index in [9.17, 15) is 9.59 Å². The number of likely N-dealkylation sites (tertiary alicyclic amines) is 1. The fourth-order valence-corrected chi connectivity index (χ4v) is 2.78. The van der Waals surface area contributed by atoms with Gasteiger partial charge in [0, 0.05) is 37.8 Å². The first-order valence-corrected chi connectivity index (χ1v) is 8.49. The van der Waals surface area contributed by atoms with Gasteiger partial charge < -0.3 is 15.1 Å². The summed E-state index contributed by atoms with van der Waals surface area (Å²) >= 11 is 0. The Morgan fingerprint density at radius 1 is 1.21 bits per heavy atom.